The van der Waals surface area contributed by atoms with Gasteiger partial charge in [-0.1, -0.05) is 53.5 Å². The minimum absolute atomic E-state index is 0.209. The maximum absolute atomic E-state index is 12.2. The number of rotatable bonds is 4. The van der Waals surface area contributed by atoms with E-state index in [0.717, 1.165) is 11.3 Å². The standard InChI is InChI=1S/C21H14Cl2N2O2/c22-17-9-3-1-6-14(17)13-25-11-5-7-15(25)12-19-21(26)27-20(24-19)16-8-2-4-10-18(16)23/h1-12H,13H2/b19-12+. The summed E-state index contributed by atoms with van der Waals surface area (Å²) in [5.41, 5.74) is 2.63. The summed E-state index contributed by atoms with van der Waals surface area (Å²) in [5.74, 6) is -0.295. The Bertz CT molecular complexity index is 1080. The number of hydrogen-bond acceptors (Lipinski definition) is 3. The van der Waals surface area contributed by atoms with Crippen LogP contribution in [-0.4, -0.2) is 16.4 Å². The number of esters is 1. The Kier molecular flexibility index (Phi) is 4.84. The van der Waals surface area contributed by atoms with Gasteiger partial charge in [0, 0.05) is 23.5 Å². The third-order valence-electron chi connectivity index (χ3n) is 4.17. The van der Waals surface area contributed by atoms with Crippen molar-refractivity contribution in [2.45, 2.75) is 6.54 Å². The van der Waals surface area contributed by atoms with Crippen molar-refractivity contribution >= 4 is 41.1 Å². The van der Waals surface area contributed by atoms with Crippen LogP contribution >= 0.6 is 23.2 Å². The molecule has 0 radical (unpaired) electrons. The number of aromatic nitrogens is 1. The van der Waals surface area contributed by atoms with Crippen molar-refractivity contribution < 1.29 is 9.53 Å². The second-order valence-corrected chi connectivity index (χ2v) is 6.78. The van der Waals surface area contributed by atoms with E-state index in [1.54, 1.807) is 18.2 Å². The molecule has 0 saturated heterocycles. The second-order valence-electron chi connectivity index (χ2n) is 5.97. The fourth-order valence-electron chi connectivity index (χ4n) is 2.81. The lowest BCUT2D eigenvalue weighted by atomic mass is 10.2. The van der Waals surface area contributed by atoms with Gasteiger partial charge in [0.2, 0.25) is 5.90 Å². The molecular weight excluding hydrogens is 383 g/mol. The van der Waals surface area contributed by atoms with Gasteiger partial charge in [-0.25, -0.2) is 9.79 Å². The molecule has 1 aromatic heterocycles. The average Bonchev–Trinajstić information content (AvgIpc) is 3.24. The number of nitrogens with zero attached hydrogens (tertiary/aromatic N) is 2. The first kappa shape index (κ1) is 17.6. The molecule has 0 N–H and O–H groups in total. The van der Waals surface area contributed by atoms with Gasteiger partial charge in [0.25, 0.3) is 0 Å². The van der Waals surface area contributed by atoms with Crippen molar-refractivity contribution in [3.63, 3.8) is 0 Å². The van der Waals surface area contributed by atoms with Crippen LogP contribution in [0.3, 0.4) is 0 Å². The maximum Gasteiger partial charge on any atom is 0.363 e. The van der Waals surface area contributed by atoms with Gasteiger partial charge in [-0.15, -0.1) is 0 Å². The van der Waals surface area contributed by atoms with Crippen molar-refractivity contribution in [1.82, 2.24) is 4.57 Å². The number of carbonyl (C=O) groups excluding carboxylic acids is 1. The van der Waals surface area contributed by atoms with E-state index in [4.69, 9.17) is 27.9 Å². The zero-order valence-corrected chi connectivity index (χ0v) is 15.6. The van der Waals surface area contributed by atoms with Crippen LogP contribution < -0.4 is 0 Å². The van der Waals surface area contributed by atoms with Gasteiger partial charge in [0.1, 0.15) is 0 Å². The van der Waals surface area contributed by atoms with Crippen LogP contribution in [0.1, 0.15) is 16.8 Å². The van der Waals surface area contributed by atoms with E-state index < -0.39 is 5.97 Å². The quantitative estimate of drug-likeness (QED) is 0.449. The van der Waals surface area contributed by atoms with E-state index in [-0.39, 0.29) is 11.6 Å². The summed E-state index contributed by atoms with van der Waals surface area (Å²) >= 11 is 12.4. The molecule has 0 spiro atoms. The summed E-state index contributed by atoms with van der Waals surface area (Å²) in [4.78, 5) is 16.6. The molecular formula is C21H14Cl2N2O2. The van der Waals surface area contributed by atoms with Gasteiger partial charge in [0.15, 0.2) is 5.70 Å². The molecule has 0 saturated carbocycles. The van der Waals surface area contributed by atoms with E-state index in [9.17, 15) is 4.79 Å². The number of halogens is 2. The molecule has 0 amide bonds. The number of carbonyl (C=O) groups is 1. The summed E-state index contributed by atoms with van der Waals surface area (Å²) in [6.45, 7) is 0.585. The smallest absolute Gasteiger partial charge is 0.363 e. The van der Waals surface area contributed by atoms with Gasteiger partial charge in [-0.2, -0.15) is 0 Å². The van der Waals surface area contributed by atoms with E-state index in [1.807, 2.05) is 59.3 Å². The molecule has 3 aromatic rings. The van der Waals surface area contributed by atoms with Crippen molar-refractivity contribution in [3.05, 3.63) is 99.4 Å². The lowest BCUT2D eigenvalue weighted by molar-refractivity contribution is -0.129. The fraction of sp³-hybridized carbons (Fsp3) is 0.0476. The van der Waals surface area contributed by atoms with Crippen molar-refractivity contribution in [3.8, 4) is 0 Å². The second kappa shape index (κ2) is 7.43. The van der Waals surface area contributed by atoms with Crippen LogP contribution in [-0.2, 0) is 16.1 Å². The minimum atomic E-state index is -0.504. The molecule has 1 aliphatic rings. The van der Waals surface area contributed by atoms with E-state index in [2.05, 4.69) is 4.99 Å². The first-order chi connectivity index (χ1) is 13.1. The largest absolute Gasteiger partial charge is 0.402 e. The molecule has 2 aromatic carbocycles. The molecule has 27 heavy (non-hydrogen) atoms. The van der Waals surface area contributed by atoms with E-state index >= 15 is 0 Å². The maximum atomic E-state index is 12.2. The highest BCUT2D eigenvalue weighted by molar-refractivity contribution is 6.34. The first-order valence-corrected chi connectivity index (χ1v) is 9.03. The molecule has 1 aliphatic heterocycles. The third kappa shape index (κ3) is 3.68. The molecule has 0 aliphatic carbocycles. The number of cyclic esters (lactones) is 1. The highest BCUT2D eigenvalue weighted by Gasteiger charge is 2.25. The summed E-state index contributed by atoms with van der Waals surface area (Å²) < 4.78 is 7.29. The van der Waals surface area contributed by atoms with Gasteiger partial charge in [0.05, 0.1) is 10.6 Å². The molecule has 0 unspecified atom stereocenters. The van der Waals surface area contributed by atoms with Crippen LogP contribution in [0.25, 0.3) is 6.08 Å². The number of benzene rings is 2. The number of aliphatic imine (C=N–C) groups is 1. The first-order valence-electron chi connectivity index (χ1n) is 8.28. The van der Waals surface area contributed by atoms with E-state index in [0.29, 0.717) is 22.2 Å². The monoisotopic (exact) mass is 396 g/mol. The van der Waals surface area contributed by atoms with Crippen LogP contribution in [0.15, 0.2) is 77.5 Å². The predicted molar refractivity (Wildman–Crippen MR) is 107 cm³/mol. The number of ether oxygens (including phenoxy) is 1. The summed E-state index contributed by atoms with van der Waals surface area (Å²) in [6, 6.07) is 18.6. The fourth-order valence-corrected chi connectivity index (χ4v) is 3.22. The molecule has 2 heterocycles. The Labute approximate surface area is 166 Å². The third-order valence-corrected chi connectivity index (χ3v) is 4.87. The summed E-state index contributed by atoms with van der Waals surface area (Å²) in [7, 11) is 0. The summed E-state index contributed by atoms with van der Waals surface area (Å²) in [5, 5.41) is 1.18. The number of hydrogen-bond donors (Lipinski definition) is 0. The van der Waals surface area contributed by atoms with Gasteiger partial charge in [-0.05, 0) is 42.0 Å². The van der Waals surface area contributed by atoms with Gasteiger partial charge >= 0.3 is 5.97 Å². The molecule has 0 fully saturated rings. The van der Waals surface area contributed by atoms with Crippen LogP contribution in [0.5, 0.6) is 0 Å². The van der Waals surface area contributed by atoms with Crippen LogP contribution in [0.4, 0.5) is 0 Å². The van der Waals surface area contributed by atoms with Gasteiger partial charge < -0.3 is 9.30 Å². The van der Waals surface area contributed by atoms with E-state index in [1.165, 1.54) is 0 Å². The van der Waals surface area contributed by atoms with Crippen LogP contribution in [0.2, 0.25) is 10.0 Å². The van der Waals surface area contributed by atoms with Crippen molar-refractivity contribution in [2.24, 2.45) is 4.99 Å². The Hall–Kier alpha value is -2.82. The predicted octanol–water partition coefficient (Wildman–Crippen LogP) is 5.19. The molecule has 134 valence electrons. The Balaban J connectivity index is 1.65. The van der Waals surface area contributed by atoms with Gasteiger partial charge in [-0.3, -0.25) is 0 Å². The Morgan fingerprint density at radius 3 is 2.48 bits per heavy atom. The lowest BCUT2D eigenvalue weighted by Gasteiger charge is -2.08. The molecule has 6 heteroatoms. The normalized spacial score (nSPS) is 15.1. The summed E-state index contributed by atoms with van der Waals surface area (Å²) in [6.07, 6.45) is 3.62. The zero-order chi connectivity index (χ0) is 18.8. The van der Waals surface area contributed by atoms with Crippen LogP contribution in [0, 0.1) is 0 Å². The molecule has 4 rings (SSSR count). The SMILES string of the molecule is O=C1OC(c2ccccc2Cl)=N/C1=C/c1cccn1Cc1ccccc1Cl. The average molecular weight is 397 g/mol. The lowest BCUT2D eigenvalue weighted by Crippen LogP contribution is -2.06. The highest BCUT2D eigenvalue weighted by atomic mass is 35.5. The van der Waals surface area contributed by atoms with Crippen molar-refractivity contribution in [2.75, 3.05) is 0 Å². The topological polar surface area (TPSA) is 43.6 Å². The minimum Gasteiger partial charge on any atom is -0.402 e. The molecule has 0 bridgehead atoms. The van der Waals surface area contributed by atoms with Crippen molar-refractivity contribution in [1.29, 1.82) is 0 Å². The molecule has 4 nitrogen and oxygen atoms in total. The Morgan fingerprint density at radius 2 is 1.70 bits per heavy atom. The molecule has 0 atom stereocenters. The highest BCUT2D eigenvalue weighted by Crippen LogP contribution is 2.24. The zero-order valence-electron chi connectivity index (χ0n) is 14.1. The Morgan fingerprint density at radius 1 is 0.963 bits per heavy atom.